The third kappa shape index (κ3) is 2.21. The first kappa shape index (κ1) is 12.9. The van der Waals surface area contributed by atoms with Crippen molar-refractivity contribution in [3.8, 4) is 11.3 Å². The summed E-state index contributed by atoms with van der Waals surface area (Å²) in [4.78, 5) is 0. The van der Waals surface area contributed by atoms with Crippen molar-refractivity contribution in [2.45, 2.75) is 12.8 Å². The van der Waals surface area contributed by atoms with Gasteiger partial charge in [-0.1, -0.05) is 23.4 Å². The topological polar surface area (TPSA) is 46.3 Å². The zero-order chi connectivity index (χ0) is 13.3. The third-order valence-corrected chi connectivity index (χ3v) is 2.68. The molecule has 2 aromatic rings. The Morgan fingerprint density at radius 1 is 1.28 bits per heavy atom. The van der Waals surface area contributed by atoms with Gasteiger partial charge in [-0.05, 0) is 17.7 Å². The number of hydrogen-bond acceptors (Lipinski definition) is 3. The van der Waals surface area contributed by atoms with Crippen LogP contribution in [0.3, 0.4) is 0 Å². The minimum Gasteiger partial charge on any atom is -0.391 e. The number of nitrogens with zero attached hydrogens (tertiary/aromatic N) is 1. The molecule has 0 aliphatic carbocycles. The van der Waals surface area contributed by atoms with Gasteiger partial charge in [0.05, 0.1) is 17.7 Å². The smallest absolute Gasteiger partial charge is 0.391 e. The second-order valence-corrected chi connectivity index (χ2v) is 3.83. The molecule has 1 N–H and O–H groups in total. The van der Waals surface area contributed by atoms with Gasteiger partial charge >= 0.3 is 6.18 Å². The van der Waals surface area contributed by atoms with Crippen molar-refractivity contribution < 1.29 is 22.8 Å². The summed E-state index contributed by atoms with van der Waals surface area (Å²) in [5.74, 6) is 0. The average Bonchev–Trinajstić information content (AvgIpc) is 2.69. The van der Waals surface area contributed by atoms with Crippen molar-refractivity contribution in [1.29, 1.82) is 0 Å². The van der Waals surface area contributed by atoms with Gasteiger partial charge in [0.2, 0.25) is 5.22 Å². The van der Waals surface area contributed by atoms with Crippen LogP contribution in [0.1, 0.15) is 11.1 Å². The van der Waals surface area contributed by atoms with Crippen LogP contribution in [0.15, 0.2) is 28.8 Å². The second kappa shape index (κ2) is 4.62. The van der Waals surface area contributed by atoms with Crippen molar-refractivity contribution in [3.05, 3.63) is 40.6 Å². The number of aliphatic hydroxyl groups excluding tert-OH is 1. The van der Waals surface area contributed by atoms with Crippen LogP contribution in [0.5, 0.6) is 0 Å². The zero-order valence-electron chi connectivity index (χ0n) is 8.83. The fraction of sp³-hybridized carbons (Fsp3) is 0.182. The largest absolute Gasteiger partial charge is 0.417 e. The van der Waals surface area contributed by atoms with Gasteiger partial charge in [-0.25, -0.2) is 0 Å². The number of alkyl halides is 3. The Morgan fingerprint density at radius 2 is 1.94 bits per heavy atom. The predicted octanol–water partition coefficient (Wildman–Crippen LogP) is 3.51. The highest BCUT2D eigenvalue weighted by atomic mass is 35.5. The van der Waals surface area contributed by atoms with E-state index in [1.807, 2.05) is 0 Å². The van der Waals surface area contributed by atoms with Gasteiger partial charge in [-0.2, -0.15) is 13.2 Å². The molecule has 7 heteroatoms. The first-order chi connectivity index (χ1) is 8.45. The number of benzene rings is 1. The van der Waals surface area contributed by atoms with E-state index in [0.29, 0.717) is 0 Å². The molecular weight excluding hydrogens is 271 g/mol. The standard InChI is InChI=1S/C11H7ClF3NO2/c12-10-7(5-17)9(16-18-10)6-3-1-2-4-8(6)11(13,14)15/h1-4,17H,5H2. The van der Waals surface area contributed by atoms with Crippen molar-refractivity contribution >= 4 is 11.6 Å². The van der Waals surface area contributed by atoms with Gasteiger partial charge in [0.1, 0.15) is 5.69 Å². The number of hydrogen-bond donors (Lipinski definition) is 1. The van der Waals surface area contributed by atoms with Gasteiger partial charge in [0.25, 0.3) is 0 Å². The SMILES string of the molecule is OCc1c(-c2ccccc2C(F)(F)F)noc1Cl. The van der Waals surface area contributed by atoms with E-state index in [9.17, 15) is 13.2 Å². The maximum atomic E-state index is 12.8. The van der Waals surface area contributed by atoms with Crippen LogP contribution in [0.4, 0.5) is 13.2 Å². The molecule has 1 aromatic carbocycles. The van der Waals surface area contributed by atoms with Gasteiger partial charge in [0, 0.05) is 5.56 Å². The summed E-state index contributed by atoms with van der Waals surface area (Å²) < 4.78 is 43.1. The molecule has 1 aromatic heterocycles. The van der Waals surface area contributed by atoms with E-state index >= 15 is 0 Å². The first-order valence-corrected chi connectivity index (χ1v) is 5.24. The van der Waals surface area contributed by atoms with E-state index in [1.165, 1.54) is 18.2 Å². The maximum Gasteiger partial charge on any atom is 0.417 e. The Kier molecular flexibility index (Phi) is 3.32. The van der Waals surface area contributed by atoms with Gasteiger partial charge < -0.3 is 9.63 Å². The Balaban J connectivity index is 2.64. The lowest BCUT2D eigenvalue weighted by atomic mass is 10.0. The monoisotopic (exact) mass is 277 g/mol. The molecule has 3 nitrogen and oxygen atoms in total. The van der Waals surface area contributed by atoms with Crippen molar-refractivity contribution in [2.24, 2.45) is 0 Å². The molecule has 0 amide bonds. The zero-order valence-corrected chi connectivity index (χ0v) is 9.59. The molecule has 0 saturated heterocycles. The predicted molar refractivity (Wildman–Crippen MR) is 57.9 cm³/mol. The van der Waals surface area contributed by atoms with Crippen molar-refractivity contribution in [1.82, 2.24) is 5.16 Å². The summed E-state index contributed by atoms with van der Waals surface area (Å²) in [6, 6.07) is 4.89. The van der Waals surface area contributed by atoms with Crippen molar-refractivity contribution in [3.63, 3.8) is 0 Å². The number of rotatable bonds is 2. The van der Waals surface area contributed by atoms with E-state index in [0.717, 1.165) is 6.07 Å². The second-order valence-electron chi connectivity index (χ2n) is 3.48. The van der Waals surface area contributed by atoms with E-state index in [-0.39, 0.29) is 22.0 Å². The Morgan fingerprint density at radius 3 is 2.56 bits per heavy atom. The fourth-order valence-electron chi connectivity index (χ4n) is 1.57. The van der Waals surface area contributed by atoms with E-state index < -0.39 is 18.3 Å². The molecule has 0 fully saturated rings. The average molecular weight is 278 g/mol. The molecule has 18 heavy (non-hydrogen) atoms. The molecule has 0 spiro atoms. The Hall–Kier alpha value is -1.53. The van der Waals surface area contributed by atoms with Crippen LogP contribution in [0.2, 0.25) is 5.22 Å². The lowest BCUT2D eigenvalue weighted by Crippen LogP contribution is -2.07. The molecule has 0 aliphatic rings. The third-order valence-electron chi connectivity index (χ3n) is 2.39. The van der Waals surface area contributed by atoms with Crippen LogP contribution >= 0.6 is 11.6 Å². The molecule has 0 atom stereocenters. The summed E-state index contributed by atoms with van der Waals surface area (Å²) >= 11 is 5.59. The maximum absolute atomic E-state index is 12.8. The Bertz CT molecular complexity index is 566. The van der Waals surface area contributed by atoms with Crippen LogP contribution < -0.4 is 0 Å². The lowest BCUT2D eigenvalue weighted by molar-refractivity contribution is -0.137. The molecule has 96 valence electrons. The van der Waals surface area contributed by atoms with E-state index in [2.05, 4.69) is 9.68 Å². The van der Waals surface area contributed by atoms with Crippen LogP contribution in [0, 0.1) is 0 Å². The van der Waals surface area contributed by atoms with Gasteiger partial charge in [-0.3, -0.25) is 0 Å². The van der Waals surface area contributed by atoms with Gasteiger partial charge in [0.15, 0.2) is 0 Å². The van der Waals surface area contributed by atoms with Crippen LogP contribution in [-0.4, -0.2) is 10.3 Å². The van der Waals surface area contributed by atoms with Crippen LogP contribution in [-0.2, 0) is 12.8 Å². The fourth-order valence-corrected chi connectivity index (χ4v) is 1.76. The Labute approximate surface area is 105 Å². The first-order valence-electron chi connectivity index (χ1n) is 4.86. The molecule has 1 heterocycles. The lowest BCUT2D eigenvalue weighted by Gasteiger charge is -2.11. The van der Waals surface area contributed by atoms with Crippen molar-refractivity contribution in [2.75, 3.05) is 0 Å². The van der Waals surface area contributed by atoms with Crippen LogP contribution in [0.25, 0.3) is 11.3 Å². The summed E-state index contributed by atoms with van der Waals surface area (Å²) in [6.45, 7) is -0.552. The molecular formula is C11H7ClF3NO2. The minimum absolute atomic E-state index is 0.0355. The molecule has 0 saturated carbocycles. The van der Waals surface area contributed by atoms with E-state index in [4.69, 9.17) is 16.7 Å². The molecule has 2 rings (SSSR count). The quantitative estimate of drug-likeness (QED) is 0.914. The number of halogens is 4. The highest BCUT2D eigenvalue weighted by molar-refractivity contribution is 6.29. The molecule has 0 bridgehead atoms. The number of aliphatic hydroxyl groups is 1. The normalized spacial score (nSPS) is 11.8. The number of aromatic nitrogens is 1. The molecule has 0 aliphatic heterocycles. The summed E-state index contributed by atoms with van der Waals surface area (Å²) in [6.07, 6.45) is -4.52. The van der Waals surface area contributed by atoms with Gasteiger partial charge in [-0.15, -0.1) is 0 Å². The summed E-state index contributed by atoms with van der Waals surface area (Å²) in [5.41, 5.74) is -1.10. The summed E-state index contributed by atoms with van der Waals surface area (Å²) in [7, 11) is 0. The van der Waals surface area contributed by atoms with E-state index in [1.54, 1.807) is 0 Å². The highest BCUT2D eigenvalue weighted by Gasteiger charge is 2.34. The highest BCUT2D eigenvalue weighted by Crippen LogP contribution is 2.38. The molecule has 0 radical (unpaired) electrons. The molecule has 0 unspecified atom stereocenters. The minimum atomic E-state index is -4.52. The summed E-state index contributed by atoms with van der Waals surface area (Å²) in [5, 5.41) is 12.3.